The highest BCUT2D eigenvalue weighted by Gasteiger charge is 2.26. The smallest absolute Gasteiger partial charge is 0.165 e. The average Bonchev–Trinajstić information content (AvgIpc) is 2.52. The highest BCUT2D eigenvalue weighted by molar-refractivity contribution is 9.10. The molecule has 0 saturated carbocycles. The van der Waals surface area contributed by atoms with Crippen LogP contribution in [-0.2, 0) is 11.2 Å². The fraction of sp³-hybridized carbons (Fsp3) is 0.500. The predicted octanol–water partition coefficient (Wildman–Crippen LogP) is 3.32. The molecule has 0 fully saturated rings. The van der Waals surface area contributed by atoms with Crippen LogP contribution in [0.2, 0.25) is 0 Å². The molecule has 3 nitrogen and oxygen atoms in total. The van der Waals surface area contributed by atoms with Crippen LogP contribution in [0.25, 0.3) is 0 Å². The van der Waals surface area contributed by atoms with Gasteiger partial charge in [-0.15, -0.1) is 11.6 Å². The second-order valence-electron chi connectivity index (χ2n) is 3.78. The fourth-order valence-corrected chi connectivity index (χ4v) is 3.00. The molecule has 1 aromatic carbocycles. The molecule has 0 amide bonds. The van der Waals surface area contributed by atoms with E-state index in [1.807, 2.05) is 6.07 Å². The van der Waals surface area contributed by atoms with Crippen LogP contribution in [0.1, 0.15) is 16.5 Å². The zero-order valence-corrected chi connectivity index (χ0v) is 12.1. The molecular formula is C12H14BrClO3. The second-order valence-corrected chi connectivity index (χ2v) is 5.16. The number of alkyl halides is 1. The summed E-state index contributed by atoms with van der Waals surface area (Å²) >= 11 is 9.90. The lowest BCUT2D eigenvalue weighted by atomic mass is 10.0. The molecule has 94 valence electrons. The molecule has 0 aliphatic carbocycles. The summed E-state index contributed by atoms with van der Waals surface area (Å²) in [7, 11) is 3.24. The molecule has 1 heterocycles. The normalized spacial score (nSPS) is 19.4. The van der Waals surface area contributed by atoms with Gasteiger partial charge in [-0.25, -0.2) is 0 Å². The van der Waals surface area contributed by atoms with Crippen molar-refractivity contribution in [3.05, 3.63) is 21.7 Å². The Morgan fingerprint density at radius 2 is 2.18 bits per heavy atom. The van der Waals surface area contributed by atoms with Gasteiger partial charge in [-0.05, 0) is 18.1 Å². The molecule has 2 rings (SSSR count). The van der Waals surface area contributed by atoms with Gasteiger partial charge in [-0.2, -0.15) is 0 Å². The van der Waals surface area contributed by atoms with E-state index >= 15 is 0 Å². The highest BCUT2D eigenvalue weighted by Crippen LogP contribution is 2.44. The van der Waals surface area contributed by atoms with Gasteiger partial charge in [-0.3, -0.25) is 0 Å². The van der Waals surface area contributed by atoms with Crippen LogP contribution in [0.3, 0.4) is 0 Å². The zero-order valence-electron chi connectivity index (χ0n) is 9.76. The maximum atomic E-state index is 6.36. The Morgan fingerprint density at radius 3 is 2.82 bits per heavy atom. The largest absolute Gasteiger partial charge is 0.493 e. The van der Waals surface area contributed by atoms with E-state index in [-0.39, 0.29) is 5.38 Å². The van der Waals surface area contributed by atoms with E-state index in [1.165, 1.54) is 0 Å². The maximum Gasteiger partial charge on any atom is 0.165 e. The van der Waals surface area contributed by atoms with Gasteiger partial charge in [0.2, 0.25) is 0 Å². The van der Waals surface area contributed by atoms with Crippen LogP contribution in [0.15, 0.2) is 10.5 Å². The summed E-state index contributed by atoms with van der Waals surface area (Å²) in [6.45, 7) is 1.16. The van der Waals surface area contributed by atoms with Crippen LogP contribution in [0.5, 0.6) is 11.5 Å². The molecule has 1 aromatic rings. The zero-order chi connectivity index (χ0) is 12.4. The maximum absolute atomic E-state index is 6.36. The van der Waals surface area contributed by atoms with Crippen LogP contribution in [0.4, 0.5) is 0 Å². The predicted molar refractivity (Wildman–Crippen MR) is 70.4 cm³/mol. The number of halogens is 2. The topological polar surface area (TPSA) is 27.7 Å². The molecule has 0 aromatic heterocycles. The van der Waals surface area contributed by atoms with E-state index in [0.717, 1.165) is 22.0 Å². The molecule has 1 aliphatic rings. The van der Waals surface area contributed by atoms with Crippen LogP contribution >= 0.6 is 27.5 Å². The Hall–Kier alpha value is -0.450. The van der Waals surface area contributed by atoms with E-state index in [1.54, 1.807) is 14.2 Å². The van der Waals surface area contributed by atoms with Gasteiger partial charge in [0.25, 0.3) is 0 Å². The Bertz CT molecular complexity index is 423. The Morgan fingerprint density at radius 1 is 1.41 bits per heavy atom. The van der Waals surface area contributed by atoms with Crippen molar-refractivity contribution in [3.63, 3.8) is 0 Å². The Labute approximate surface area is 114 Å². The summed E-state index contributed by atoms with van der Waals surface area (Å²) < 4.78 is 17.2. The third-order valence-electron chi connectivity index (χ3n) is 2.84. The third kappa shape index (κ3) is 2.39. The lowest BCUT2D eigenvalue weighted by Gasteiger charge is -2.19. The van der Waals surface area contributed by atoms with Gasteiger partial charge in [0.15, 0.2) is 11.5 Å². The monoisotopic (exact) mass is 320 g/mol. The summed E-state index contributed by atoms with van der Waals surface area (Å²) in [4.78, 5) is 0. The molecule has 5 heteroatoms. The van der Waals surface area contributed by atoms with Gasteiger partial charge in [0.05, 0.1) is 32.8 Å². The molecule has 0 saturated heterocycles. The fourth-order valence-electron chi connectivity index (χ4n) is 2.06. The molecule has 1 aliphatic heterocycles. The average molecular weight is 322 g/mol. The highest BCUT2D eigenvalue weighted by atomic mass is 79.9. The van der Waals surface area contributed by atoms with Crippen molar-refractivity contribution in [1.82, 2.24) is 0 Å². The van der Waals surface area contributed by atoms with E-state index < -0.39 is 0 Å². The van der Waals surface area contributed by atoms with Crippen molar-refractivity contribution in [2.75, 3.05) is 27.4 Å². The number of ether oxygens (including phenoxy) is 3. The van der Waals surface area contributed by atoms with Crippen molar-refractivity contribution in [2.45, 2.75) is 11.8 Å². The number of fused-ring (bicyclic) bond motifs is 1. The number of methoxy groups -OCH3 is 2. The SMILES string of the molecule is COc1cc(Br)c2c(c1OC)C(Cl)COCC2. The van der Waals surface area contributed by atoms with Gasteiger partial charge < -0.3 is 14.2 Å². The molecule has 0 radical (unpaired) electrons. The summed E-state index contributed by atoms with van der Waals surface area (Å²) in [5.74, 6) is 1.39. The summed E-state index contributed by atoms with van der Waals surface area (Å²) in [6.07, 6.45) is 0.819. The first-order chi connectivity index (χ1) is 8.19. The lowest BCUT2D eigenvalue weighted by Crippen LogP contribution is -2.04. The van der Waals surface area contributed by atoms with Crippen molar-refractivity contribution in [3.8, 4) is 11.5 Å². The summed E-state index contributed by atoms with van der Waals surface area (Å²) in [6, 6.07) is 1.91. The molecule has 0 N–H and O–H groups in total. The van der Waals surface area contributed by atoms with Crippen LogP contribution < -0.4 is 9.47 Å². The van der Waals surface area contributed by atoms with Crippen molar-refractivity contribution >= 4 is 27.5 Å². The van der Waals surface area contributed by atoms with Crippen LogP contribution in [-0.4, -0.2) is 27.4 Å². The molecule has 1 atom stereocenters. The van der Waals surface area contributed by atoms with E-state index in [0.29, 0.717) is 24.7 Å². The summed E-state index contributed by atoms with van der Waals surface area (Å²) in [5, 5.41) is -0.214. The van der Waals surface area contributed by atoms with Gasteiger partial charge in [0, 0.05) is 10.0 Å². The van der Waals surface area contributed by atoms with Crippen molar-refractivity contribution < 1.29 is 14.2 Å². The van der Waals surface area contributed by atoms with Gasteiger partial charge >= 0.3 is 0 Å². The van der Waals surface area contributed by atoms with E-state index in [4.69, 9.17) is 25.8 Å². The standard InChI is InChI=1S/C12H14BrClO3/c1-15-10-5-8(13)7-3-4-17-6-9(14)11(7)12(10)16-2/h5,9H,3-4,6H2,1-2H3. The summed E-state index contributed by atoms with van der Waals surface area (Å²) in [5.41, 5.74) is 2.11. The minimum absolute atomic E-state index is 0.214. The number of hydrogen-bond acceptors (Lipinski definition) is 3. The number of rotatable bonds is 2. The number of hydrogen-bond donors (Lipinski definition) is 0. The van der Waals surface area contributed by atoms with E-state index in [2.05, 4.69) is 15.9 Å². The third-order valence-corrected chi connectivity index (χ3v) is 3.89. The van der Waals surface area contributed by atoms with Crippen molar-refractivity contribution in [2.24, 2.45) is 0 Å². The number of benzene rings is 1. The van der Waals surface area contributed by atoms with Crippen LogP contribution in [0, 0.1) is 0 Å². The van der Waals surface area contributed by atoms with Crippen molar-refractivity contribution in [1.29, 1.82) is 0 Å². The molecule has 17 heavy (non-hydrogen) atoms. The first-order valence-corrected chi connectivity index (χ1v) is 6.57. The first kappa shape index (κ1) is 13.0. The molecule has 1 unspecified atom stereocenters. The lowest BCUT2D eigenvalue weighted by molar-refractivity contribution is 0.143. The van der Waals surface area contributed by atoms with E-state index in [9.17, 15) is 0 Å². The second kappa shape index (κ2) is 5.46. The van der Waals surface area contributed by atoms with Gasteiger partial charge in [0.1, 0.15) is 0 Å². The minimum Gasteiger partial charge on any atom is -0.493 e. The minimum atomic E-state index is -0.214. The van der Waals surface area contributed by atoms with Gasteiger partial charge in [-0.1, -0.05) is 15.9 Å². The molecular weight excluding hydrogens is 307 g/mol. The molecule has 0 spiro atoms. The quantitative estimate of drug-likeness (QED) is 0.782. The first-order valence-electron chi connectivity index (χ1n) is 5.34. The Kier molecular flexibility index (Phi) is 4.17. The Balaban J connectivity index is 2.64. The molecule has 0 bridgehead atoms.